The largest absolute Gasteiger partial charge is 0.462 e. The smallest absolute Gasteiger partial charge is 0.342 e. The van der Waals surface area contributed by atoms with Crippen LogP contribution in [0, 0.1) is 11.3 Å². The molecule has 0 aliphatic heterocycles. The summed E-state index contributed by atoms with van der Waals surface area (Å²) in [4.78, 5) is 27.1. The van der Waals surface area contributed by atoms with Crippen molar-refractivity contribution in [3.05, 3.63) is 62.7 Å². The van der Waals surface area contributed by atoms with E-state index in [-0.39, 0.29) is 23.4 Å². The predicted molar refractivity (Wildman–Crippen MR) is 96.7 cm³/mol. The lowest BCUT2D eigenvalue weighted by Gasteiger charge is -2.23. The van der Waals surface area contributed by atoms with E-state index in [9.17, 15) is 14.9 Å². The van der Waals surface area contributed by atoms with E-state index in [4.69, 9.17) is 4.74 Å². The summed E-state index contributed by atoms with van der Waals surface area (Å²) >= 11 is 1.48. The lowest BCUT2D eigenvalue weighted by Crippen LogP contribution is -2.26. The lowest BCUT2D eigenvalue weighted by molar-refractivity contribution is 0.0529. The highest BCUT2D eigenvalue weighted by molar-refractivity contribution is 7.08. The zero-order chi connectivity index (χ0) is 18.0. The van der Waals surface area contributed by atoms with Gasteiger partial charge in [-0.1, -0.05) is 6.07 Å². The topological polar surface area (TPSA) is 74.8 Å². The molecule has 0 aliphatic carbocycles. The van der Waals surface area contributed by atoms with E-state index in [0.29, 0.717) is 5.52 Å². The number of carbonyl (C=O) groups excluding carboxylic acids is 1. The number of pyridine rings is 2. The van der Waals surface area contributed by atoms with Gasteiger partial charge in [-0.3, -0.25) is 9.20 Å². The molecule has 126 valence electrons. The van der Waals surface area contributed by atoms with Crippen molar-refractivity contribution in [2.75, 3.05) is 18.6 Å². The molecule has 0 unspecified atom stereocenters. The van der Waals surface area contributed by atoms with Crippen LogP contribution in [0.15, 0.2) is 46.0 Å². The molecular formula is C18H15N3O3S. The number of thiophene rings is 1. The molecule has 7 heteroatoms. The van der Waals surface area contributed by atoms with Gasteiger partial charge in [0.25, 0.3) is 5.56 Å². The minimum atomic E-state index is -0.570. The molecule has 0 saturated heterocycles. The summed E-state index contributed by atoms with van der Waals surface area (Å²) in [5.41, 5.74) is 1.08. The second-order valence-corrected chi connectivity index (χ2v) is 6.01. The third-order valence-corrected chi connectivity index (χ3v) is 4.51. The second-order valence-electron chi connectivity index (χ2n) is 5.23. The first-order valence-electron chi connectivity index (χ1n) is 7.60. The molecule has 0 radical (unpaired) electrons. The van der Waals surface area contributed by atoms with Crippen LogP contribution in [0.2, 0.25) is 0 Å². The summed E-state index contributed by atoms with van der Waals surface area (Å²) < 4.78 is 6.50. The predicted octanol–water partition coefficient (Wildman–Crippen LogP) is 3.18. The van der Waals surface area contributed by atoms with Gasteiger partial charge in [0.2, 0.25) is 0 Å². The van der Waals surface area contributed by atoms with E-state index in [0.717, 1.165) is 5.69 Å². The van der Waals surface area contributed by atoms with Gasteiger partial charge in [-0.05, 0) is 30.5 Å². The van der Waals surface area contributed by atoms with Gasteiger partial charge in [-0.15, -0.1) is 0 Å². The fraction of sp³-hybridized carbons (Fsp3) is 0.167. The molecule has 0 bridgehead atoms. The van der Waals surface area contributed by atoms with Crippen molar-refractivity contribution in [2.45, 2.75) is 6.92 Å². The first-order chi connectivity index (χ1) is 12.1. The third kappa shape index (κ3) is 2.77. The maximum absolute atomic E-state index is 12.8. The summed E-state index contributed by atoms with van der Waals surface area (Å²) in [6.45, 7) is 1.91. The van der Waals surface area contributed by atoms with Crippen molar-refractivity contribution in [1.82, 2.24) is 4.40 Å². The molecule has 0 saturated carbocycles. The Morgan fingerprint density at radius 3 is 2.84 bits per heavy atom. The number of rotatable bonds is 4. The van der Waals surface area contributed by atoms with Crippen LogP contribution in [-0.4, -0.2) is 24.0 Å². The maximum Gasteiger partial charge on any atom is 0.342 e. The molecule has 0 fully saturated rings. The summed E-state index contributed by atoms with van der Waals surface area (Å²) in [6, 6.07) is 8.89. The van der Waals surface area contributed by atoms with E-state index in [2.05, 4.69) is 0 Å². The third-order valence-electron chi connectivity index (χ3n) is 3.84. The van der Waals surface area contributed by atoms with Crippen LogP contribution < -0.4 is 10.5 Å². The van der Waals surface area contributed by atoms with Crippen molar-refractivity contribution in [3.63, 3.8) is 0 Å². The van der Waals surface area contributed by atoms with Crippen LogP contribution >= 0.6 is 11.3 Å². The van der Waals surface area contributed by atoms with Gasteiger partial charge >= 0.3 is 5.97 Å². The van der Waals surface area contributed by atoms with Crippen LogP contribution in [0.1, 0.15) is 22.8 Å². The number of ether oxygens (including phenoxy) is 1. The molecule has 0 spiro atoms. The van der Waals surface area contributed by atoms with Crippen molar-refractivity contribution in [3.8, 4) is 6.07 Å². The van der Waals surface area contributed by atoms with Gasteiger partial charge in [0.15, 0.2) is 0 Å². The molecule has 3 aromatic heterocycles. The molecular weight excluding hydrogens is 338 g/mol. The van der Waals surface area contributed by atoms with Gasteiger partial charge in [0.05, 0.1) is 23.5 Å². The van der Waals surface area contributed by atoms with Crippen molar-refractivity contribution >= 4 is 34.2 Å². The molecule has 3 heterocycles. The van der Waals surface area contributed by atoms with Crippen LogP contribution in [0.5, 0.6) is 0 Å². The number of nitrogens with zero attached hydrogens (tertiary/aromatic N) is 3. The highest BCUT2D eigenvalue weighted by Crippen LogP contribution is 2.33. The maximum atomic E-state index is 12.8. The van der Waals surface area contributed by atoms with Gasteiger partial charge in [-0.2, -0.15) is 16.6 Å². The molecule has 0 N–H and O–H groups in total. The van der Waals surface area contributed by atoms with E-state index in [1.165, 1.54) is 21.9 Å². The summed E-state index contributed by atoms with van der Waals surface area (Å²) in [6.07, 6.45) is 1.54. The van der Waals surface area contributed by atoms with Gasteiger partial charge in [0, 0.05) is 18.6 Å². The van der Waals surface area contributed by atoms with Crippen molar-refractivity contribution in [1.29, 1.82) is 5.26 Å². The minimum absolute atomic E-state index is 0.0968. The molecule has 25 heavy (non-hydrogen) atoms. The lowest BCUT2D eigenvalue weighted by atomic mass is 10.1. The van der Waals surface area contributed by atoms with E-state index < -0.39 is 11.5 Å². The fourth-order valence-electron chi connectivity index (χ4n) is 2.71. The minimum Gasteiger partial charge on any atom is -0.462 e. The molecule has 0 aromatic carbocycles. The highest BCUT2D eigenvalue weighted by atomic mass is 32.1. The Bertz CT molecular complexity index is 1030. The zero-order valence-corrected chi connectivity index (χ0v) is 14.5. The van der Waals surface area contributed by atoms with Crippen molar-refractivity contribution < 1.29 is 9.53 Å². The Kier molecular flexibility index (Phi) is 4.55. The van der Waals surface area contributed by atoms with Gasteiger partial charge in [-0.25, -0.2) is 4.79 Å². The van der Waals surface area contributed by atoms with Gasteiger partial charge < -0.3 is 9.64 Å². The van der Waals surface area contributed by atoms with E-state index in [1.807, 2.05) is 22.9 Å². The van der Waals surface area contributed by atoms with Crippen LogP contribution in [-0.2, 0) is 4.74 Å². The molecule has 3 rings (SSSR count). The number of fused-ring (bicyclic) bond motifs is 1. The average Bonchev–Trinajstić information content (AvgIpc) is 3.15. The Hall–Kier alpha value is -3.11. The summed E-state index contributed by atoms with van der Waals surface area (Å²) in [7, 11) is 1.72. The molecule has 6 nitrogen and oxygen atoms in total. The monoisotopic (exact) mass is 353 g/mol. The number of hydrogen-bond donors (Lipinski definition) is 0. The van der Waals surface area contributed by atoms with E-state index in [1.54, 1.807) is 37.1 Å². The number of nitriles is 1. The number of aromatic nitrogens is 1. The van der Waals surface area contributed by atoms with Crippen molar-refractivity contribution in [2.24, 2.45) is 0 Å². The summed E-state index contributed by atoms with van der Waals surface area (Å²) in [5.74, 6) is -0.570. The Balaban J connectivity index is 2.44. The first kappa shape index (κ1) is 16.7. The second kappa shape index (κ2) is 6.79. The van der Waals surface area contributed by atoms with Gasteiger partial charge in [0.1, 0.15) is 17.2 Å². The number of anilines is 2. The number of esters is 1. The Morgan fingerprint density at radius 2 is 2.20 bits per heavy atom. The normalized spacial score (nSPS) is 10.4. The molecule has 0 amide bonds. The SMILES string of the molecule is CCOC(=O)c1c(N(C)c2ccsc2)c(C#N)c(=O)n2ccccc12. The van der Waals surface area contributed by atoms with Crippen LogP contribution in [0.25, 0.3) is 5.52 Å². The van der Waals surface area contributed by atoms with Crippen LogP contribution in [0.4, 0.5) is 11.4 Å². The van der Waals surface area contributed by atoms with Crippen LogP contribution in [0.3, 0.4) is 0 Å². The molecule has 0 aliphatic rings. The fourth-order valence-corrected chi connectivity index (χ4v) is 3.38. The zero-order valence-electron chi connectivity index (χ0n) is 13.7. The van der Waals surface area contributed by atoms with E-state index >= 15 is 0 Å². The highest BCUT2D eigenvalue weighted by Gasteiger charge is 2.26. The Morgan fingerprint density at radius 1 is 1.40 bits per heavy atom. The first-order valence-corrected chi connectivity index (χ1v) is 8.55. The number of hydrogen-bond acceptors (Lipinski definition) is 6. The standard InChI is InChI=1S/C18H15N3O3S/c1-3-24-18(23)15-14-6-4-5-8-21(14)17(22)13(10-19)16(15)20(2)12-7-9-25-11-12/h4-9,11H,3H2,1-2H3. The quantitative estimate of drug-likeness (QED) is 0.674. The number of carbonyl (C=O) groups is 1. The molecule has 3 aromatic rings. The Labute approximate surface area is 148 Å². The molecule has 0 atom stereocenters. The summed E-state index contributed by atoms with van der Waals surface area (Å²) in [5, 5.41) is 13.4. The average molecular weight is 353 g/mol.